The summed E-state index contributed by atoms with van der Waals surface area (Å²) in [6.07, 6.45) is 1.44. The van der Waals surface area contributed by atoms with Gasteiger partial charge in [-0.1, -0.05) is 24.3 Å². The lowest BCUT2D eigenvalue weighted by Gasteiger charge is -2.33. The number of hydrogen-bond donors (Lipinski definition) is 2. The number of benzene rings is 2. The Morgan fingerprint density at radius 1 is 1.12 bits per heavy atom. The largest absolute Gasteiger partial charge is 0.388 e. The number of hydrogen-bond acceptors (Lipinski definition) is 3. The van der Waals surface area contributed by atoms with Crippen LogP contribution < -0.4 is 4.72 Å². The molecule has 25 heavy (non-hydrogen) atoms. The number of fused-ring (bicyclic) bond motifs is 1. The summed E-state index contributed by atoms with van der Waals surface area (Å²) in [7, 11) is -3.91. The molecule has 0 spiro atoms. The van der Waals surface area contributed by atoms with Crippen LogP contribution in [0.2, 0.25) is 0 Å². The van der Waals surface area contributed by atoms with Crippen LogP contribution in [0, 0.1) is 11.6 Å². The molecule has 0 heterocycles. The monoisotopic (exact) mass is 367 g/mol. The highest BCUT2D eigenvalue weighted by Gasteiger charge is 2.33. The number of nitrogens with one attached hydrogen (secondary N) is 1. The normalized spacial score (nSPS) is 20.3. The Labute approximate surface area is 145 Å². The van der Waals surface area contributed by atoms with Gasteiger partial charge >= 0.3 is 0 Å². The third kappa shape index (κ3) is 4.42. The van der Waals surface area contributed by atoms with Gasteiger partial charge in [-0.3, -0.25) is 0 Å². The molecule has 0 aliphatic heterocycles. The lowest BCUT2D eigenvalue weighted by Crippen LogP contribution is -2.47. The first-order chi connectivity index (χ1) is 11.8. The van der Waals surface area contributed by atoms with E-state index in [1.54, 1.807) is 0 Å². The number of rotatable bonds is 5. The fraction of sp³-hybridized carbons (Fsp3) is 0.333. The van der Waals surface area contributed by atoms with Crippen molar-refractivity contribution in [1.29, 1.82) is 0 Å². The van der Waals surface area contributed by atoms with E-state index in [1.807, 2.05) is 24.3 Å². The fourth-order valence-electron chi connectivity index (χ4n) is 3.09. The first kappa shape index (κ1) is 18.0. The molecular formula is C18H19F2NO3S. The highest BCUT2D eigenvalue weighted by atomic mass is 32.2. The Kier molecular flexibility index (Phi) is 4.90. The topological polar surface area (TPSA) is 66.4 Å². The molecule has 2 N–H and O–H groups in total. The van der Waals surface area contributed by atoms with Gasteiger partial charge in [0, 0.05) is 18.5 Å². The molecule has 4 nitrogen and oxygen atoms in total. The van der Waals surface area contributed by atoms with Gasteiger partial charge in [-0.05, 0) is 42.2 Å². The summed E-state index contributed by atoms with van der Waals surface area (Å²) in [5, 5.41) is 10.7. The molecule has 0 aromatic heterocycles. The predicted molar refractivity (Wildman–Crippen MR) is 90.4 cm³/mol. The highest BCUT2D eigenvalue weighted by molar-refractivity contribution is 7.88. The Morgan fingerprint density at radius 2 is 1.84 bits per heavy atom. The van der Waals surface area contributed by atoms with E-state index < -0.39 is 33.0 Å². The second kappa shape index (κ2) is 6.82. The summed E-state index contributed by atoms with van der Waals surface area (Å²) < 4.78 is 53.5. The van der Waals surface area contributed by atoms with E-state index in [2.05, 4.69) is 4.72 Å². The van der Waals surface area contributed by atoms with Crippen LogP contribution in [0.5, 0.6) is 0 Å². The Balaban J connectivity index is 1.67. The van der Waals surface area contributed by atoms with E-state index in [1.165, 1.54) is 0 Å². The molecule has 0 saturated carbocycles. The van der Waals surface area contributed by atoms with Crippen molar-refractivity contribution in [1.82, 2.24) is 4.72 Å². The van der Waals surface area contributed by atoms with Crippen molar-refractivity contribution in [2.45, 2.75) is 30.6 Å². The van der Waals surface area contributed by atoms with Gasteiger partial charge in [-0.15, -0.1) is 0 Å². The van der Waals surface area contributed by atoms with Gasteiger partial charge in [0.1, 0.15) is 11.6 Å². The fourth-order valence-corrected chi connectivity index (χ4v) is 4.31. The van der Waals surface area contributed by atoms with Gasteiger partial charge in [0.15, 0.2) is 0 Å². The molecule has 1 aliphatic rings. The van der Waals surface area contributed by atoms with E-state index in [4.69, 9.17) is 0 Å². The lowest BCUT2D eigenvalue weighted by molar-refractivity contribution is 0.0317. The summed E-state index contributed by atoms with van der Waals surface area (Å²) in [5.41, 5.74) is 0.707. The number of aliphatic hydroxyl groups is 1. The van der Waals surface area contributed by atoms with Gasteiger partial charge in [-0.2, -0.15) is 0 Å². The molecule has 1 atom stereocenters. The van der Waals surface area contributed by atoms with E-state index in [9.17, 15) is 22.3 Å². The molecule has 0 saturated heterocycles. The summed E-state index contributed by atoms with van der Waals surface area (Å²) in [4.78, 5) is 0. The molecule has 134 valence electrons. The van der Waals surface area contributed by atoms with Crippen LogP contribution in [0.25, 0.3) is 0 Å². The minimum atomic E-state index is -3.91. The summed E-state index contributed by atoms with van der Waals surface area (Å²) in [6, 6.07) is 10.4. The molecule has 2 aromatic rings. The minimum Gasteiger partial charge on any atom is -0.388 e. The van der Waals surface area contributed by atoms with E-state index >= 15 is 0 Å². The standard InChI is InChI=1S/C18H19F2NO3S/c19-16-5-6-17(20)15(9-16)11-25(23,24)21-12-18(22)8-7-13-3-1-2-4-14(13)10-18/h1-6,9,21-22H,7-8,10-12H2. The van der Waals surface area contributed by atoms with Gasteiger partial charge in [0.25, 0.3) is 0 Å². The smallest absolute Gasteiger partial charge is 0.215 e. The lowest BCUT2D eigenvalue weighted by atomic mass is 9.80. The van der Waals surface area contributed by atoms with Crippen LogP contribution in [0.15, 0.2) is 42.5 Å². The van der Waals surface area contributed by atoms with Crippen LogP contribution in [-0.4, -0.2) is 25.7 Å². The molecule has 0 amide bonds. The molecule has 1 unspecified atom stereocenters. The average molecular weight is 367 g/mol. The zero-order chi connectivity index (χ0) is 18.1. The first-order valence-electron chi connectivity index (χ1n) is 7.97. The minimum absolute atomic E-state index is 0.166. The van der Waals surface area contributed by atoms with Gasteiger partial charge in [-0.25, -0.2) is 21.9 Å². The van der Waals surface area contributed by atoms with Crippen molar-refractivity contribution < 1.29 is 22.3 Å². The molecule has 1 aliphatic carbocycles. The average Bonchev–Trinajstić information content (AvgIpc) is 2.56. The van der Waals surface area contributed by atoms with Crippen molar-refractivity contribution in [2.24, 2.45) is 0 Å². The van der Waals surface area contributed by atoms with Crippen molar-refractivity contribution in [2.75, 3.05) is 6.54 Å². The maximum atomic E-state index is 13.6. The summed E-state index contributed by atoms with van der Waals surface area (Å²) in [6.45, 7) is -0.166. The molecular weight excluding hydrogens is 348 g/mol. The Hall–Kier alpha value is -1.83. The molecule has 0 bridgehead atoms. The molecule has 0 radical (unpaired) electrons. The Morgan fingerprint density at radius 3 is 2.60 bits per heavy atom. The predicted octanol–water partition coefficient (Wildman–Crippen LogP) is 2.30. The molecule has 3 rings (SSSR count). The third-order valence-corrected chi connectivity index (χ3v) is 5.75. The summed E-state index contributed by atoms with van der Waals surface area (Å²) in [5.74, 6) is -2.16. The first-order valence-corrected chi connectivity index (χ1v) is 9.62. The zero-order valence-electron chi connectivity index (χ0n) is 13.5. The molecule has 0 fully saturated rings. The second-order valence-corrected chi connectivity index (χ2v) is 8.29. The molecule has 7 heteroatoms. The third-order valence-electron chi connectivity index (χ3n) is 4.47. The second-order valence-electron chi connectivity index (χ2n) is 6.49. The zero-order valence-corrected chi connectivity index (χ0v) is 14.3. The number of sulfonamides is 1. The van der Waals surface area contributed by atoms with Crippen LogP contribution in [-0.2, 0) is 28.6 Å². The highest BCUT2D eigenvalue weighted by Crippen LogP contribution is 2.28. The van der Waals surface area contributed by atoms with Crippen LogP contribution in [0.3, 0.4) is 0 Å². The quantitative estimate of drug-likeness (QED) is 0.852. The van der Waals surface area contributed by atoms with Crippen molar-refractivity contribution in [3.8, 4) is 0 Å². The van der Waals surface area contributed by atoms with Crippen LogP contribution >= 0.6 is 0 Å². The van der Waals surface area contributed by atoms with Crippen molar-refractivity contribution >= 4 is 10.0 Å². The maximum Gasteiger partial charge on any atom is 0.215 e. The van der Waals surface area contributed by atoms with E-state index in [0.717, 1.165) is 29.3 Å². The van der Waals surface area contributed by atoms with Crippen LogP contribution in [0.4, 0.5) is 8.78 Å². The van der Waals surface area contributed by atoms with E-state index in [-0.39, 0.29) is 12.1 Å². The van der Waals surface area contributed by atoms with Crippen LogP contribution in [0.1, 0.15) is 23.1 Å². The van der Waals surface area contributed by atoms with Crippen molar-refractivity contribution in [3.63, 3.8) is 0 Å². The SMILES string of the molecule is O=S(=O)(Cc1cc(F)ccc1F)NCC1(O)CCc2ccccc2C1. The van der Waals surface area contributed by atoms with E-state index in [0.29, 0.717) is 19.3 Å². The number of halogens is 2. The number of aryl methyl sites for hydroxylation is 1. The maximum absolute atomic E-state index is 13.6. The van der Waals surface area contributed by atoms with Gasteiger partial charge in [0.05, 0.1) is 11.4 Å². The molecule has 2 aromatic carbocycles. The van der Waals surface area contributed by atoms with Gasteiger partial charge < -0.3 is 5.11 Å². The Bertz CT molecular complexity index is 886. The summed E-state index contributed by atoms with van der Waals surface area (Å²) >= 11 is 0. The van der Waals surface area contributed by atoms with Crippen molar-refractivity contribution in [3.05, 3.63) is 70.8 Å². The van der Waals surface area contributed by atoms with Gasteiger partial charge in [0.2, 0.25) is 10.0 Å².